The summed E-state index contributed by atoms with van der Waals surface area (Å²) in [7, 11) is 0. The minimum absolute atomic E-state index is 0.0510. The number of pyridine rings is 1. The zero-order valence-electron chi connectivity index (χ0n) is 14.6. The Bertz CT molecular complexity index is 1070. The molecule has 1 aromatic heterocycles. The average Bonchev–Trinajstić information content (AvgIpc) is 2.67. The first-order valence-corrected chi connectivity index (χ1v) is 8.81. The van der Waals surface area contributed by atoms with Gasteiger partial charge in [0.2, 0.25) is 5.91 Å². The maximum Gasteiger partial charge on any atom is 0.217 e. The third-order valence-corrected chi connectivity index (χ3v) is 4.63. The Morgan fingerprint density at radius 3 is 2.19 bits per heavy atom. The van der Waals surface area contributed by atoms with Gasteiger partial charge in [0, 0.05) is 17.7 Å². The third-order valence-electron chi connectivity index (χ3n) is 4.63. The summed E-state index contributed by atoms with van der Waals surface area (Å²) in [6, 6.07) is 26.5. The maximum absolute atomic E-state index is 11.9. The largest absolute Gasteiger partial charge is 0.348 e. The number of fused-ring (bicyclic) bond motifs is 3. The highest BCUT2D eigenvalue weighted by atomic mass is 16.1. The molecule has 26 heavy (non-hydrogen) atoms. The van der Waals surface area contributed by atoms with E-state index in [1.807, 2.05) is 48.5 Å². The smallest absolute Gasteiger partial charge is 0.217 e. The van der Waals surface area contributed by atoms with E-state index < -0.39 is 0 Å². The zero-order valence-corrected chi connectivity index (χ0v) is 14.6. The number of carbonyl (C=O) groups excluding carboxylic acids is 1. The van der Waals surface area contributed by atoms with Gasteiger partial charge < -0.3 is 5.32 Å². The Hall–Kier alpha value is -3.20. The molecule has 1 heterocycles. The summed E-state index contributed by atoms with van der Waals surface area (Å²) >= 11 is 0. The molecule has 3 heteroatoms. The van der Waals surface area contributed by atoms with E-state index in [0.29, 0.717) is 6.42 Å². The van der Waals surface area contributed by atoms with Crippen molar-refractivity contribution in [2.24, 2.45) is 0 Å². The Balaban J connectivity index is 1.91. The van der Waals surface area contributed by atoms with Gasteiger partial charge in [0.1, 0.15) is 0 Å². The minimum atomic E-state index is -0.176. The Morgan fingerprint density at radius 2 is 1.46 bits per heavy atom. The summed E-state index contributed by atoms with van der Waals surface area (Å²) in [4.78, 5) is 16.8. The minimum Gasteiger partial charge on any atom is -0.348 e. The Labute approximate surface area is 152 Å². The first kappa shape index (κ1) is 16.3. The molecule has 1 N–H and O–H groups in total. The molecule has 3 nitrogen and oxygen atoms in total. The lowest BCUT2D eigenvalue weighted by Crippen LogP contribution is -2.28. The van der Waals surface area contributed by atoms with E-state index in [4.69, 9.17) is 4.98 Å². The van der Waals surface area contributed by atoms with Gasteiger partial charge in [0.15, 0.2) is 0 Å². The van der Waals surface area contributed by atoms with Crippen LogP contribution < -0.4 is 5.32 Å². The summed E-state index contributed by atoms with van der Waals surface area (Å²) < 4.78 is 0. The molecule has 0 fully saturated rings. The predicted octanol–water partition coefficient (Wildman–Crippen LogP) is 4.81. The van der Waals surface area contributed by atoms with Crippen LogP contribution in [-0.2, 0) is 11.2 Å². The molecule has 128 valence electrons. The van der Waals surface area contributed by atoms with E-state index in [2.05, 4.69) is 35.6 Å². The second-order valence-electron chi connectivity index (χ2n) is 6.50. The molecule has 3 aromatic carbocycles. The van der Waals surface area contributed by atoms with Crippen molar-refractivity contribution >= 4 is 27.6 Å². The number of nitrogens with one attached hydrogen (secondary N) is 1. The second kappa shape index (κ2) is 6.96. The molecule has 4 aromatic rings. The highest BCUT2D eigenvalue weighted by molar-refractivity contribution is 6.06. The average molecular weight is 340 g/mol. The highest BCUT2D eigenvalue weighted by Crippen LogP contribution is 2.30. The fourth-order valence-corrected chi connectivity index (χ4v) is 3.51. The van der Waals surface area contributed by atoms with Crippen molar-refractivity contribution in [3.63, 3.8) is 0 Å². The first-order chi connectivity index (χ1) is 12.7. The van der Waals surface area contributed by atoms with Crippen LogP contribution in [0.5, 0.6) is 0 Å². The second-order valence-corrected chi connectivity index (χ2v) is 6.50. The molecule has 0 saturated heterocycles. The summed E-state index contributed by atoms with van der Waals surface area (Å²) in [5.41, 5.74) is 3.04. The van der Waals surface area contributed by atoms with Gasteiger partial charge in [-0.05, 0) is 23.4 Å². The van der Waals surface area contributed by atoms with Crippen LogP contribution in [0.15, 0.2) is 78.9 Å². The van der Waals surface area contributed by atoms with Crippen molar-refractivity contribution in [3.8, 4) is 0 Å². The topological polar surface area (TPSA) is 42.0 Å². The fraction of sp³-hybridized carbons (Fsp3) is 0.130. The van der Waals surface area contributed by atoms with Crippen LogP contribution in [-0.4, -0.2) is 10.9 Å². The van der Waals surface area contributed by atoms with Crippen molar-refractivity contribution in [1.29, 1.82) is 0 Å². The van der Waals surface area contributed by atoms with Crippen LogP contribution in [0, 0.1) is 0 Å². The summed E-state index contributed by atoms with van der Waals surface area (Å²) in [6.07, 6.45) is 0.704. The first-order valence-electron chi connectivity index (χ1n) is 8.81. The molecule has 0 spiro atoms. The molecule has 0 aliphatic carbocycles. The lowest BCUT2D eigenvalue weighted by Gasteiger charge is -2.20. The highest BCUT2D eigenvalue weighted by Gasteiger charge is 2.19. The number of nitrogens with zero attached hydrogens (tertiary/aromatic N) is 1. The predicted molar refractivity (Wildman–Crippen MR) is 106 cm³/mol. The third kappa shape index (κ3) is 3.16. The molecule has 1 amide bonds. The standard InChI is InChI=1S/C23H20N2O/c1-16(26)24-22(15-17-9-3-2-4-10-17)23-20-13-6-5-11-18(20)19-12-7-8-14-21(19)25-23/h2-14,22H,15H2,1H3,(H,24,26)/t22-/m0/s1. The van der Waals surface area contributed by atoms with E-state index in [1.165, 1.54) is 5.56 Å². The lowest BCUT2D eigenvalue weighted by atomic mass is 9.96. The molecule has 0 saturated carbocycles. The van der Waals surface area contributed by atoms with Crippen molar-refractivity contribution in [3.05, 3.63) is 90.1 Å². The van der Waals surface area contributed by atoms with Gasteiger partial charge in [-0.25, -0.2) is 4.98 Å². The molecule has 0 radical (unpaired) electrons. The van der Waals surface area contributed by atoms with Gasteiger partial charge >= 0.3 is 0 Å². The molecular formula is C23H20N2O. The van der Waals surface area contributed by atoms with Gasteiger partial charge in [0.25, 0.3) is 0 Å². The maximum atomic E-state index is 11.9. The molecule has 1 atom stereocenters. The molecule has 4 rings (SSSR count). The lowest BCUT2D eigenvalue weighted by molar-refractivity contribution is -0.119. The van der Waals surface area contributed by atoms with Crippen molar-refractivity contribution in [1.82, 2.24) is 10.3 Å². The number of carbonyl (C=O) groups is 1. The number of benzene rings is 3. The Morgan fingerprint density at radius 1 is 0.846 bits per heavy atom. The number of amides is 1. The van der Waals surface area contributed by atoms with Crippen LogP contribution in [0.1, 0.15) is 24.2 Å². The van der Waals surface area contributed by atoms with Crippen LogP contribution >= 0.6 is 0 Å². The van der Waals surface area contributed by atoms with Gasteiger partial charge in [-0.15, -0.1) is 0 Å². The van der Waals surface area contributed by atoms with Crippen LogP contribution in [0.25, 0.3) is 21.7 Å². The molecule has 0 unspecified atom stereocenters. The van der Waals surface area contributed by atoms with Gasteiger partial charge in [0.05, 0.1) is 17.3 Å². The molecule has 0 bridgehead atoms. The molecular weight excluding hydrogens is 320 g/mol. The van der Waals surface area contributed by atoms with E-state index in [1.54, 1.807) is 6.92 Å². The zero-order chi connectivity index (χ0) is 17.9. The van der Waals surface area contributed by atoms with Crippen molar-refractivity contribution < 1.29 is 4.79 Å². The molecule has 0 aliphatic heterocycles. The van der Waals surface area contributed by atoms with Crippen molar-refractivity contribution in [2.45, 2.75) is 19.4 Å². The SMILES string of the molecule is CC(=O)N[C@@H](Cc1ccccc1)c1nc2ccccc2c2ccccc12. The number of rotatable bonds is 4. The number of hydrogen-bond donors (Lipinski definition) is 1. The Kier molecular flexibility index (Phi) is 4.36. The fourth-order valence-electron chi connectivity index (χ4n) is 3.51. The van der Waals surface area contributed by atoms with Crippen LogP contribution in [0.3, 0.4) is 0 Å². The van der Waals surface area contributed by atoms with E-state index in [0.717, 1.165) is 27.4 Å². The van der Waals surface area contributed by atoms with Crippen LogP contribution in [0.4, 0.5) is 0 Å². The van der Waals surface area contributed by atoms with Gasteiger partial charge in [-0.2, -0.15) is 0 Å². The normalized spacial score (nSPS) is 12.2. The van der Waals surface area contributed by atoms with E-state index >= 15 is 0 Å². The summed E-state index contributed by atoms with van der Waals surface area (Å²) in [5, 5.41) is 6.48. The van der Waals surface area contributed by atoms with E-state index in [-0.39, 0.29) is 11.9 Å². The number of para-hydroxylation sites is 1. The van der Waals surface area contributed by atoms with Gasteiger partial charge in [-0.3, -0.25) is 4.79 Å². The molecule has 0 aliphatic rings. The number of aromatic nitrogens is 1. The number of hydrogen-bond acceptors (Lipinski definition) is 2. The van der Waals surface area contributed by atoms with Crippen molar-refractivity contribution in [2.75, 3.05) is 0 Å². The summed E-state index contributed by atoms with van der Waals surface area (Å²) in [6.45, 7) is 1.56. The van der Waals surface area contributed by atoms with E-state index in [9.17, 15) is 4.79 Å². The quantitative estimate of drug-likeness (QED) is 0.542. The monoisotopic (exact) mass is 340 g/mol. The van der Waals surface area contributed by atoms with Crippen LogP contribution in [0.2, 0.25) is 0 Å². The summed E-state index contributed by atoms with van der Waals surface area (Å²) in [5.74, 6) is -0.0510. The van der Waals surface area contributed by atoms with Gasteiger partial charge in [-0.1, -0.05) is 72.8 Å².